The highest BCUT2D eigenvalue weighted by Gasteiger charge is 2.37. The average Bonchev–Trinajstić information content (AvgIpc) is 3.36. The van der Waals surface area contributed by atoms with Gasteiger partial charge in [-0.2, -0.15) is 16.9 Å². The first kappa shape index (κ1) is 28.5. The van der Waals surface area contributed by atoms with E-state index in [0.717, 1.165) is 44.2 Å². The van der Waals surface area contributed by atoms with Crippen molar-refractivity contribution >= 4 is 28.6 Å². The summed E-state index contributed by atoms with van der Waals surface area (Å²) >= 11 is 4.55. The standard InChI is InChI=1S/C26H41N3O3S2/c1-3-5-11-22(21-25(27)30)29(34(31,32)23-12-8-7-9-13-23)19-16-26(17-20-33,15-6-4-2)24-14-10-18-28-24/h7-10,12-14,18,22,28,33H,3-6,11,15-17,19-21H2,1-2H3,(H2,27,30). The smallest absolute Gasteiger partial charge is 0.243 e. The molecule has 0 saturated carbocycles. The number of H-pyrrole nitrogens is 1. The molecule has 0 bridgehead atoms. The molecule has 2 atom stereocenters. The normalized spacial score (nSPS) is 14.7. The molecule has 2 rings (SSSR count). The topological polar surface area (TPSA) is 96.3 Å². The van der Waals surface area contributed by atoms with Crippen molar-refractivity contribution in [2.75, 3.05) is 12.3 Å². The molecule has 8 heteroatoms. The van der Waals surface area contributed by atoms with Crippen molar-refractivity contribution in [2.45, 2.75) is 88.0 Å². The quantitative estimate of drug-likeness (QED) is 0.254. The molecule has 0 aliphatic rings. The first-order valence-corrected chi connectivity index (χ1v) is 14.5. The third-order valence-corrected chi connectivity index (χ3v) is 8.85. The van der Waals surface area contributed by atoms with E-state index in [1.54, 1.807) is 34.6 Å². The number of benzene rings is 1. The molecule has 1 amide bonds. The van der Waals surface area contributed by atoms with Gasteiger partial charge in [0.05, 0.1) is 4.90 Å². The Bertz CT molecular complexity index is 949. The Morgan fingerprint density at radius 3 is 2.32 bits per heavy atom. The zero-order valence-electron chi connectivity index (χ0n) is 20.6. The maximum atomic E-state index is 13.8. The van der Waals surface area contributed by atoms with Crippen LogP contribution >= 0.6 is 12.6 Å². The monoisotopic (exact) mass is 507 g/mol. The van der Waals surface area contributed by atoms with E-state index < -0.39 is 22.0 Å². The number of aromatic nitrogens is 1. The van der Waals surface area contributed by atoms with Gasteiger partial charge in [0.1, 0.15) is 0 Å². The Labute approximate surface area is 211 Å². The Morgan fingerprint density at radius 2 is 1.76 bits per heavy atom. The summed E-state index contributed by atoms with van der Waals surface area (Å²) in [6.07, 6.45) is 8.80. The molecule has 0 aliphatic carbocycles. The summed E-state index contributed by atoms with van der Waals surface area (Å²) < 4.78 is 29.2. The molecular weight excluding hydrogens is 466 g/mol. The van der Waals surface area contributed by atoms with E-state index in [9.17, 15) is 13.2 Å². The first-order chi connectivity index (χ1) is 16.3. The number of hydrogen-bond donors (Lipinski definition) is 3. The summed E-state index contributed by atoms with van der Waals surface area (Å²) in [5.41, 5.74) is 6.48. The Morgan fingerprint density at radius 1 is 1.06 bits per heavy atom. The van der Waals surface area contributed by atoms with Crippen LogP contribution in [0, 0.1) is 0 Å². The summed E-state index contributed by atoms with van der Waals surface area (Å²) in [7, 11) is -3.81. The fourth-order valence-corrected chi connectivity index (χ4v) is 6.84. The van der Waals surface area contributed by atoms with Gasteiger partial charge in [0.15, 0.2) is 0 Å². The van der Waals surface area contributed by atoms with Gasteiger partial charge in [-0.25, -0.2) is 8.42 Å². The van der Waals surface area contributed by atoms with Crippen LogP contribution in [0.2, 0.25) is 0 Å². The zero-order chi connectivity index (χ0) is 25.0. The highest BCUT2D eigenvalue weighted by atomic mass is 32.2. The van der Waals surface area contributed by atoms with Crippen LogP contribution in [0.15, 0.2) is 53.6 Å². The lowest BCUT2D eigenvalue weighted by atomic mass is 9.74. The summed E-state index contributed by atoms with van der Waals surface area (Å²) in [4.78, 5) is 15.6. The van der Waals surface area contributed by atoms with E-state index in [1.165, 1.54) is 0 Å². The average molecular weight is 508 g/mol. The largest absolute Gasteiger partial charge is 0.370 e. The number of rotatable bonds is 17. The number of nitrogens with two attached hydrogens (primary N) is 1. The van der Waals surface area contributed by atoms with Crippen LogP contribution in [-0.2, 0) is 20.2 Å². The summed E-state index contributed by atoms with van der Waals surface area (Å²) in [6.45, 7) is 4.54. The molecular formula is C26H41N3O3S2. The Hall–Kier alpha value is -1.77. The number of amides is 1. The predicted octanol–water partition coefficient (Wildman–Crippen LogP) is 5.28. The number of unbranched alkanes of at least 4 members (excludes halogenated alkanes) is 2. The maximum Gasteiger partial charge on any atom is 0.243 e. The van der Waals surface area contributed by atoms with Gasteiger partial charge >= 0.3 is 0 Å². The SMILES string of the molecule is CCCCC(CC(N)=O)N(CCC(CCS)(CCCC)c1ccc[nH]1)S(=O)(=O)c1ccccc1. The van der Waals surface area contributed by atoms with Crippen LogP contribution in [-0.4, -0.2) is 42.0 Å². The van der Waals surface area contributed by atoms with Crippen LogP contribution in [0.4, 0.5) is 0 Å². The van der Waals surface area contributed by atoms with Gasteiger partial charge in [0.25, 0.3) is 0 Å². The Kier molecular flexibility index (Phi) is 11.7. The van der Waals surface area contributed by atoms with Crippen LogP contribution in [0.5, 0.6) is 0 Å². The van der Waals surface area contributed by atoms with Crippen LogP contribution in [0.3, 0.4) is 0 Å². The second-order valence-corrected chi connectivity index (χ2v) is 11.4. The maximum absolute atomic E-state index is 13.8. The molecule has 2 aromatic rings. The van der Waals surface area contributed by atoms with Gasteiger partial charge in [-0.3, -0.25) is 4.79 Å². The fourth-order valence-electron chi connectivity index (χ4n) is 4.74. The molecule has 1 aromatic carbocycles. The fraction of sp³-hybridized carbons (Fsp3) is 0.577. The molecule has 1 heterocycles. The Balaban J connectivity index is 2.49. The molecule has 3 N–H and O–H groups in total. The lowest BCUT2D eigenvalue weighted by molar-refractivity contribution is -0.118. The van der Waals surface area contributed by atoms with Gasteiger partial charge in [0, 0.05) is 36.3 Å². The second kappa shape index (κ2) is 14.0. The zero-order valence-corrected chi connectivity index (χ0v) is 22.3. The summed E-state index contributed by atoms with van der Waals surface area (Å²) in [5, 5.41) is 0. The molecule has 0 fully saturated rings. The van der Waals surface area contributed by atoms with Crippen LogP contribution < -0.4 is 5.73 Å². The van der Waals surface area contributed by atoms with E-state index in [2.05, 4.69) is 37.5 Å². The van der Waals surface area contributed by atoms with Crippen molar-refractivity contribution in [1.29, 1.82) is 0 Å². The number of carbonyl (C=O) groups is 1. The molecule has 0 saturated heterocycles. The number of aromatic amines is 1. The van der Waals surface area contributed by atoms with E-state index in [1.807, 2.05) is 12.3 Å². The number of carbonyl (C=O) groups excluding carboxylic acids is 1. The van der Waals surface area contributed by atoms with E-state index in [4.69, 9.17) is 5.73 Å². The molecule has 190 valence electrons. The number of thiol groups is 1. The molecule has 6 nitrogen and oxygen atoms in total. The van der Waals surface area contributed by atoms with Gasteiger partial charge in [-0.05, 0) is 55.7 Å². The number of nitrogens with one attached hydrogen (secondary N) is 1. The number of hydrogen-bond acceptors (Lipinski definition) is 4. The van der Waals surface area contributed by atoms with Crippen LogP contribution in [0.1, 0.15) is 77.3 Å². The second-order valence-electron chi connectivity index (χ2n) is 9.09. The van der Waals surface area contributed by atoms with Gasteiger partial charge < -0.3 is 10.7 Å². The highest BCUT2D eigenvalue weighted by molar-refractivity contribution is 7.89. The van der Waals surface area contributed by atoms with Gasteiger partial charge in [0.2, 0.25) is 15.9 Å². The number of primary amides is 1. The van der Waals surface area contributed by atoms with Crippen molar-refractivity contribution < 1.29 is 13.2 Å². The molecule has 0 spiro atoms. The van der Waals surface area contributed by atoms with Crippen LogP contribution in [0.25, 0.3) is 0 Å². The first-order valence-electron chi connectivity index (χ1n) is 12.4. The van der Waals surface area contributed by atoms with E-state index in [-0.39, 0.29) is 16.7 Å². The van der Waals surface area contributed by atoms with E-state index >= 15 is 0 Å². The minimum Gasteiger partial charge on any atom is -0.370 e. The molecule has 34 heavy (non-hydrogen) atoms. The van der Waals surface area contributed by atoms with Crippen molar-refractivity contribution in [3.8, 4) is 0 Å². The third-order valence-electron chi connectivity index (χ3n) is 6.66. The molecule has 0 aliphatic heterocycles. The van der Waals surface area contributed by atoms with Gasteiger partial charge in [-0.1, -0.05) is 57.7 Å². The van der Waals surface area contributed by atoms with Crippen molar-refractivity contribution in [3.63, 3.8) is 0 Å². The summed E-state index contributed by atoms with van der Waals surface area (Å²) in [6, 6.07) is 12.1. The van der Waals surface area contributed by atoms with Crippen molar-refractivity contribution in [1.82, 2.24) is 9.29 Å². The van der Waals surface area contributed by atoms with E-state index in [0.29, 0.717) is 25.1 Å². The lowest BCUT2D eigenvalue weighted by Crippen LogP contribution is -2.45. The third kappa shape index (κ3) is 7.62. The molecule has 2 unspecified atom stereocenters. The van der Waals surface area contributed by atoms with Crippen molar-refractivity contribution in [2.24, 2.45) is 5.73 Å². The minimum atomic E-state index is -3.81. The highest BCUT2D eigenvalue weighted by Crippen LogP contribution is 2.38. The number of sulfonamides is 1. The van der Waals surface area contributed by atoms with Crippen molar-refractivity contribution in [3.05, 3.63) is 54.4 Å². The molecule has 1 aromatic heterocycles. The van der Waals surface area contributed by atoms with Gasteiger partial charge in [-0.15, -0.1) is 0 Å². The lowest BCUT2D eigenvalue weighted by Gasteiger charge is -2.37. The minimum absolute atomic E-state index is 0.0170. The number of nitrogens with zero attached hydrogens (tertiary/aromatic N) is 1. The summed E-state index contributed by atoms with van der Waals surface area (Å²) in [5.74, 6) is 0.223. The predicted molar refractivity (Wildman–Crippen MR) is 143 cm³/mol. The molecule has 0 radical (unpaired) electrons.